The average Bonchev–Trinajstić information content (AvgIpc) is 3.31. The maximum Gasteiger partial charge on any atom is 0.358 e. The van der Waals surface area contributed by atoms with E-state index in [1.807, 2.05) is 0 Å². The number of hydrogen-bond acceptors (Lipinski definition) is 6. The van der Waals surface area contributed by atoms with Gasteiger partial charge in [0.05, 0.1) is 4.47 Å². The molecule has 1 aliphatic carbocycles. The van der Waals surface area contributed by atoms with E-state index >= 15 is 0 Å². The van der Waals surface area contributed by atoms with Crippen LogP contribution in [0.25, 0.3) is 0 Å². The normalized spacial score (nSPS) is 13.9. The van der Waals surface area contributed by atoms with Crippen molar-refractivity contribution in [2.24, 2.45) is 0 Å². The molecule has 0 aromatic carbocycles. The molecule has 0 aliphatic heterocycles. The van der Waals surface area contributed by atoms with Crippen LogP contribution in [0.4, 0.5) is 0 Å². The number of esters is 1. The summed E-state index contributed by atoms with van der Waals surface area (Å²) in [4.78, 5) is 32.3. The highest BCUT2D eigenvalue weighted by atomic mass is 79.9. The van der Waals surface area contributed by atoms with E-state index in [0.717, 1.165) is 12.8 Å². The molecule has 0 unspecified atom stereocenters. The molecule has 1 fully saturated rings. The Hall–Kier alpha value is -2.09. The molecule has 0 bridgehead atoms. The molecule has 2 aromatic rings. The van der Waals surface area contributed by atoms with Crippen LogP contribution in [0.2, 0.25) is 0 Å². The second-order valence-corrected chi connectivity index (χ2v) is 5.99. The van der Waals surface area contributed by atoms with Crippen LogP contribution in [-0.4, -0.2) is 26.1 Å². The fourth-order valence-corrected chi connectivity index (χ4v) is 2.24. The SMILES string of the molecule is Cc1cc(=O)c(COC(=O)c2nc(C3CC3)ncc2Br)n[nH]1. The first kappa shape index (κ1) is 14.8. The van der Waals surface area contributed by atoms with Crippen LogP contribution in [0.5, 0.6) is 0 Å². The fraction of sp³-hybridized carbons (Fsp3) is 0.357. The molecule has 1 saturated carbocycles. The Labute approximate surface area is 134 Å². The molecule has 0 saturated heterocycles. The predicted octanol–water partition coefficient (Wildman–Crippen LogP) is 1.87. The Bertz CT molecular complexity index is 786. The Kier molecular flexibility index (Phi) is 4.02. The Balaban J connectivity index is 1.74. The van der Waals surface area contributed by atoms with Crippen molar-refractivity contribution in [3.8, 4) is 0 Å². The molecular weight excluding hydrogens is 352 g/mol. The van der Waals surface area contributed by atoms with Crippen LogP contribution in [0.15, 0.2) is 21.5 Å². The lowest BCUT2D eigenvalue weighted by molar-refractivity contribution is 0.0456. The zero-order valence-corrected chi connectivity index (χ0v) is 13.4. The van der Waals surface area contributed by atoms with Gasteiger partial charge in [-0.1, -0.05) is 0 Å². The summed E-state index contributed by atoms with van der Waals surface area (Å²) < 4.78 is 5.59. The molecule has 1 aliphatic rings. The summed E-state index contributed by atoms with van der Waals surface area (Å²) >= 11 is 3.24. The van der Waals surface area contributed by atoms with Gasteiger partial charge in [0.25, 0.3) is 0 Å². The van der Waals surface area contributed by atoms with E-state index in [0.29, 0.717) is 21.9 Å². The summed E-state index contributed by atoms with van der Waals surface area (Å²) in [7, 11) is 0. The van der Waals surface area contributed by atoms with Crippen LogP contribution < -0.4 is 5.43 Å². The number of halogens is 1. The number of nitrogens with one attached hydrogen (secondary N) is 1. The second kappa shape index (κ2) is 5.96. The van der Waals surface area contributed by atoms with Crippen molar-refractivity contribution >= 4 is 21.9 Å². The van der Waals surface area contributed by atoms with Crippen molar-refractivity contribution in [1.29, 1.82) is 0 Å². The van der Waals surface area contributed by atoms with Crippen LogP contribution >= 0.6 is 15.9 Å². The maximum absolute atomic E-state index is 12.1. The summed E-state index contributed by atoms with van der Waals surface area (Å²) in [5.74, 6) is 0.376. The van der Waals surface area contributed by atoms with Gasteiger partial charge in [-0.05, 0) is 35.7 Å². The van der Waals surface area contributed by atoms with Gasteiger partial charge in [-0.3, -0.25) is 9.89 Å². The summed E-state index contributed by atoms with van der Waals surface area (Å²) in [5.41, 5.74) is 0.684. The van der Waals surface area contributed by atoms with Gasteiger partial charge in [-0.2, -0.15) is 5.10 Å². The molecule has 0 radical (unpaired) electrons. The lowest BCUT2D eigenvalue weighted by Crippen LogP contribution is -2.17. The van der Waals surface area contributed by atoms with E-state index in [9.17, 15) is 9.59 Å². The molecule has 2 aromatic heterocycles. The van der Waals surface area contributed by atoms with Gasteiger partial charge in [-0.25, -0.2) is 14.8 Å². The molecule has 22 heavy (non-hydrogen) atoms. The van der Waals surface area contributed by atoms with Gasteiger partial charge >= 0.3 is 5.97 Å². The van der Waals surface area contributed by atoms with E-state index < -0.39 is 5.97 Å². The van der Waals surface area contributed by atoms with Crippen molar-refractivity contribution in [1.82, 2.24) is 20.2 Å². The van der Waals surface area contributed by atoms with E-state index in [-0.39, 0.29) is 23.4 Å². The van der Waals surface area contributed by atoms with Crippen LogP contribution in [0, 0.1) is 6.92 Å². The molecule has 0 spiro atoms. The maximum atomic E-state index is 12.1. The summed E-state index contributed by atoms with van der Waals surface area (Å²) in [6.45, 7) is 1.52. The molecule has 8 heteroatoms. The van der Waals surface area contributed by atoms with Crippen LogP contribution in [-0.2, 0) is 11.3 Å². The van der Waals surface area contributed by atoms with Crippen LogP contribution in [0.3, 0.4) is 0 Å². The van der Waals surface area contributed by atoms with Gasteiger partial charge < -0.3 is 4.74 Å². The van der Waals surface area contributed by atoms with Gasteiger partial charge in [0, 0.05) is 23.9 Å². The van der Waals surface area contributed by atoms with Crippen LogP contribution in [0.1, 0.15) is 46.5 Å². The number of hydrogen-bond donors (Lipinski definition) is 1. The van der Waals surface area contributed by atoms with Crippen molar-refractivity contribution in [2.45, 2.75) is 32.3 Å². The van der Waals surface area contributed by atoms with Crippen molar-refractivity contribution in [3.05, 3.63) is 49.9 Å². The highest BCUT2D eigenvalue weighted by Crippen LogP contribution is 2.38. The van der Waals surface area contributed by atoms with Gasteiger partial charge in [0.1, 0.15) is 18.1 Å². The second-order valence-electron chi connectivity index (χ2n) is 5.14. The minimum atomic E-state index is -0.613. The standard InChI is InChI=1S/C14H13BrN4O3/c1-7-4-11(20)10(19-18-7)6-22-14(21)12-9(15)5-16-13(17-12)8-2-3-8/h4-5,8H,2-3,6H2,1H3,(H,18,20). The van der Waals surface area contributed by atoms with E-state index in [1.54, 1.807) is 13.1 Å². The lowest BCUT2D eigenvalue weighted by Gasteiger charge is -2.06. The van der Waals surface area contributed by atoms with Crippen molar-refractivity contribution < 1.29 is 9.53 Å². The van der Waals surface area contributed by atoms with Crippen molar-refractivity contribution in [3.63, 3.8) is 0 Å². The summed E-state index contributed by atoms with van der Waals surface area (Å²) in [5, 5.41) is 6.53. The highest BCUT2D eigenvalue weighted by molar-refractivity contribution is 9.10. The monoisotopic (exact) mass is 364 g/mol. The topological polar surface area (TPSA) is 97.8 Å². The number of H-pyrrole nitrogens is 1. The Morgan fingerprint density at radius 3 is 2.95 bits per heavy atom. The third-order valence-corrected chi connectivity index (χ3v) is 3.82. The quantitative estimate of drug-likeness (QED) is 0.831. The molecule has 114 valence electrons. The highest BCUT2D eigenvalue weighted by Gasteiger charge is 2.28. The van der Waals surface area contributed by atoms with E-state index in [2.05, 4.69) is 36.1 Å². The third kappa shape index (κ3) is 3.22. The van der Waals surface area contributed by atoms with Gasteiger partial charge in [-0.15, -0.1) is 0 Å². The lowest BCUT2D eigenvalue weighted by atomic mass is 10.3. The number of carbonyl (C=O) groups is 1. The molecule has 0 amide bonds. The number of nitrogens with zero attached hydrogens (tertiary/aromatic N) is 3. The minimum Gasteiger partial charge on any atom is -0.454 e. The molecule has 2 heterocycles. The Morgan fingerprint density at radius 2 is 2.27 bits per heavy atom. The fourth-order valence-electron chi connectivity index (χ4n) is 1.89. The van der Waals surface area contributed by atoms with Gasteiger partial charge in [0.2, 0.25) is 5.43 Å². The summed E-state index contributed by atoms with van der Waals surface area (Å²) in [6, 6.07) is 1.40. The Morgan fingerprint density at radius 1 is 1.50 bits per heavy atom. The smallest absolute Gasteiger partial charge is 0.358 e. The molecule has 3 rings (SSSR count). The van der Waals surface area contributed by atoms with E-state index in [4.69, 9.17) is 4.74 Å². The average molecular weight is 365 g/mol. The number of carbonyl (C=O) groups excluding carboxylic acids is 1. The molecule has 0 atom stereocenters. The first-order valence-corrected chi connectivity index (χ1v) is 7.58. The van der Waals surface area contributed by atoms with Crippen molar-refractivity contribution in [2.75, 3.05) is 0 Å². The zero-order chi connectivity index (χ0) is 15.7. The number of rotatable bonds is 4. The molecule has 1 N–H and O–H groups in total. The van der Waals surface area contributed by atoms with Gasteiger partial charge in [0.15, 0.2) is 5.69 Å². The third-order valence-electron chi connectivity index (χ3n) is 3.24. The summed E-state index contributed by atoms with van der Waals surface area (Å²) in [6.07, 6.45) is 3.63. The minimum absolute atomic E-state index is 0.145. The molecular formula is C14H13BrN4O3. The zero-order valence-electron chi connectivity index (χ0n) is 11.8. The molecule has 7 nitrogen and oxygen atoms in total. The number of aromatic nitrogens is 4. The number of aryl methyl sites for hydroxylation is 1. The van der Waals surface area contributed by atoms with E-state index in [1.165, 1.54) is 6.07 Å². The predicted molar refractivity (Wildman–Crippen MR) is 80.4 cm³/mol. The largest absolute Gasteiger partial charge is 0.454 e. The number of aromatic amines is 1. The first-order valence-electron chi connectivity index (χ1n) is 6.79. The first-order chi connectivity index (χ1) is 10.5. The number of ether oxygens (including phenoxy) is 1.